The molecule has 0 aromatic heterocycles. The van der Waals surface area contributed by atoms with Crippen LogP contribution in [0, 0.1) is 0 Å². The van der Waals surface area contributed by atoms with Crippen LogP contribution in [0.5, 0.6) is 5.75 Å². The molecule has 0 spiro atoms. The summed E-state index contributed by atoms with van der Waals surface area (Å²) in [6.07, 6.45) is 3.24. The van der Waals surface area contributed by atoms with Crippen molar-refractivity contribution in [2.24, 2.45) is 5.73 Å². The summed E-state index contributed by atoms with van der Waals surface area (Å²) in [4.78, 5) is 0. The topological polar surface area (TPSA) is 61.5 Å². The van der Waals surface area contributed by atoms with E-state index in [1.165, 1.54) is 0 Å². The van der Waals surface area contributed by atoms with Gasteiger partial charge in [-0.2, -0.15) is 0 Å². The third-order valence-electron chi connectivity index (χ3n) is 3.54. The number of rotatable bonds is 8. The molecule has 4 nitrogen and oxygen atoms in total. The molecule has 5 heteroatoms. The van der Waals surface area contributed by atoms with Gasteiger partial charge in [0.05, 0.1) is 12.7 Å². The normalized spacial score (nSPS) is 21.1. The summed E-state index contributed by atoms with van der Waals surface area (Å²) < 4.78 is 23.2. The second-order valence-electron chi connectivity index (χ2n) is 5.43. The van der Waals surface area contributed by atoms with Crippen LogP contribution >= 0.6 is 0 Å². The van der Waals surface area contributed by atoms with E-state index in [2.05, 4.69) is 6.92 Å². The largest absolute Gasteiger partial charge is 0.494 e. The molecular weight excluding hydrogens is 286 g/mol. The molecule has 1 aromatic rings. The van der Waals surface area contributed by atoms with E-state index in [1.54, 1.807) is 0 Å². The molecular formula is C16H25NO3S. The van der Waals surface area contributed by atoms with Gasteiger partial charge in [-0.1, -0.05) is 19.1 Å². The molecule has 2 N–H and O–H groups in total. The van der Waals surface area contributed by atoms with E-state index < -0.39 is 10.8 Å². The summed E-state index contributed by atoms with van der Waals surface area (Å²) in [7, 11) is -0.932. The van der Waals surface area contributed by atoms with Gasteiger partial charge in [0.2, 0.25) is 0 Å². The Labute approximate surface area is 129 Å². The second-order valence-corrected chi connectivity index (χ2v) is 6.98. The number of ether oxygens (including phenoxy) is 2. The monoisotopic (exact) mass is 311 g/mol. The molecule has 118 valence electrons. The molecule has 1 saturated heterocycles. The highest BCUT2D eigenvalue weighted by molar-refractivity contribution is 7.85. The zero-order valence-electron chi connectivity index (χ0n) is 12.6. The number of benzene rings is 1. The fraction of sp³-hybridized carbons (Fsp3) is 0.625. The van der Waals surface area contributed by atoms with E-state index in [0.29, 0.717) is 11.5 Å². The van der Waals surface area contributed by atoms with Crippen molar-refractivity contribution in [1.29, 1.82) is 0 Å². The SMILES string of the molecule is CCCOc1ccc(C(N)CS(=O)CC2CCCO2)cc1. The van der Waals surface area contributed by atoms with Crippen molar-refractivity contribution < 1.29 is 13.7 Å². The summed E-state index contributed by atoms with van der Waals surface area (Å²) in [5, 5.41) is 0. The fourth-order valence-corrected chi connectivity index (χ4v) is 3.79. The maximum Gasteiger partial charge on any atom is 0.119 e. The molecule has 21 heavy (non-hydrogen) atoms. The van der Waals surface area contributed by atoms with Crippen molar-refractivity contribution in [3.05, 3.63) is 29.8 Å². The molecule has 3 unspecified atom stereocenters. The molecule has 3 atom stereocenters. The van der Waals surface area contributed by atoms with Crippen LogP contribution in [0.25, 0.3) is 0 Å². The maximum absolute atomic E-state index is 12.1. The molecule has 1 aliphatic rings. The zero-order valence-corrected chi connectivity index (χ0v) is 13.4. The molecule has 2 rings (SSSR count). The van der Waals surface area contributed by atoms with Gasteiger partial charge >= 0.3 is 0 Å². The maximum atomic E-state index is 12.1. The van der Waals surface area contributed by atoms with Crippen LogP contribution in [0.4, 0.5) is 0 Å². The molecule has 0 radical (unpaired) electrons. The van der Waals surface area contributed by atoms with Gasteiger partial charge in [0.25, 0.3) is 0 Å². The van der Waals surface area contributed by atoms with E-state index in [4.69, 9.17) is 15.2 Å². The van der Waals surface area contributed by atoms with Gasteiger partial charge in [0, 0.05) is 35.0 Å². The molecule has 1 fully saturated rings. The first kappa shape index (κ1) is 16.5. The first-order valence-corrected chi connectivity index (χ1v) is 9.12. The average molecular weight is 311 g/mol. The Morgan fingerprint density at radius 1 is 1.43 bits per heavy atom. The Balaban J connectivity index is 1.81. The van der Waals surface area contributed by atoms with Crippen LogP contribution in [-0.2, 0) is 15.5 Å². The van der Waals surface area contributed by atoms with Gasteiger partial charge in [0.1, 0.15) is 5.75 Å². The van der Waals surface area contributed by atoms with E-state index in [9.17, 15) is 4.21 Å². The predicted molar refractivity (Wildman–Crippen MR) is 86.0 cm³/mol. The van der Waals surface area contributed by atoms with Crippen molar-refractivity contribution in [3.8, 4) is 5.75 Å². The van der Waals surface area contributed by atoms with Crippen molar-refractivity contribution in [1.82, 2.24) is 0 Å². The fourth-order valence-electron chi connectivity index (χ4n) is 2.38. The highest BCUT2D eigenvalue weighted by Gasteiger charge is 2.20. The lowest BCUT2D eigenvalue weighted by Gasteiger charge is -2.14. The highest BCUT2D eigenvalue weighted by Crippen LogP contribution is 2.19. The molecule has 1 aromatic carbocycles. The zero-order chi connectivity index (χ0) is 15.1. The predicted octanol–water partition coefficient (Wildman–Crippen LogP) is 2.40. The van der Waals surface area contributed by atoms with Crippen LogP contribution in [0.2, 0.25) is 0 Å². The lowest BCUT2D eigenvalue weighted by molar-refractivity contribution is 0.128. The Hall–Kier alpha value is -0.910. The van der Waals surface area contributed by atoms with Gasteiger partial charge in [-0.05, 0) is 37.0 Å². The van der Waals surface area contributed by atoms with E-state index >= 15 is 0 Å². The van der Waals surface area contributed by atoms with Crippen molar-refractivity contribution >= 4 is 10.8 Å². The van der Waals surface area contributed by atoms with Crippen molar-refractivity contribution in [2.75, 3.05) is 24.7 Å². The minimum absolute atomic E-state index is 0.155. The average Bonchev–Trinajstić information content (AvgIpc) is 2.98. The molecule has 0 saturated carbocycles. The van der Waals surface area contributed by atoms with Gasteiger partial charge in [0.15, 0.2) is 0 Å². The van der Waals surface area contributed by atoms with Crippen molar-refractivity contribution in [2.45, 2.75) is 38.3 Å². The van der Waals surface area contributed by atoms with Crippen LogP contribution in [0.3, 0.4) is 0 Å². The standard InChI is InChI=1S/C16H25NO3S/c1-2-9-19-14-7-5-13(6-8-14)16(17)12-21(18)11-15-4-3-10-20-15/h5-8,15-16H,2-4,9-12,17H2,1H3. The lowest BCUT2D eigenvalue weighted by atomic mass is 10.1. The summed E-state index contributed by atoms with van der Waals surface area (Å²) in [5.41, 5.74) is 7.15. The molecule has 0 aliphatic carbocycles. The van der Waals surface area contributed by atoms with E-state index in [0.717, 1.165) is 43.8 Å². The Bertz CT molecular complexity index is 443. The minimum Gasteiger partial charge on any atom is -0.494 e. The van der Waals surface area contributed by atoms with Gasteiger partial charge in [-0.25, -0.2) is 0 Å². The first-order chi connectivity index (χ1) is 10.2. The van der Waals surface area contributed by atoms with E-state index in [1.807, 2.05) is 24.3 Å². The minimum atomic E-state index is -0.932. The molecule has 1 aliphatic heterocycles. The van der Waals surface area contributed by atoms with Crippen LogP contribution < -0.4 is 10.5 Å². The second kappa shape index (κ2) is 8.51. The third kappa shape index (κ3) is 5.41. The van der Waals surface area contributed by atoms with Gasteiger partial charge < -0.3 is 15.2 Å². The van der Waals surface area contributed by atoms with Gasteiger partial charge in [-0.15, -0.1) is 0 Å². The third-order valence-corrected chi connectivity index (χ3v) is 5.02. The molecule has 0 amide bonds. The first-order valence-electron chi connectivity index (χ1n) is 7.64. The van der Waals surface area contributed by atoms with Gasteiger partial charge in [-0.3, -0.25) is 4.21 Å². The molecule has 1 heterocycles. The summed E-state index contributed by atoms with van der Waals surface area (Å²) in [6, 6.07) is 7.56. The highest BCUT2D eigenvalue weighted by atomic mass is 32.2. The lowest BCUT2D eigenvalue weighted by Crippen LogP contribution is -2.24. The van der Waals surface area contributed by atoms with E-state index in [-0.39, 0.29) is 12.1 Å². The van der Waals surface area contributed by atoms with Crippen LogP contribution in [-0.4, -0.2) is 35.0 Å². The number of hydrogen-bond donors (Lipinski definition) is 1. The van der Waals surface area contributed by atoms with Crippen LogP contribution in [0.15, 0.2) is 24.3 Å². The Morgan fingerprint density at radius 3 is 2.81 bits per heavy atom. The number of nitrogens with two attached hydrogens (primary N) is 1. The van der Waals surface area contributed by atoms with Crippen LogP contribution in [0.1, 0.15) is 37.8 Å². The summed E-state index contributed by atoms with van der Waals surface area (Å²) >= 11 is 0. The Morgan fingerprint density at radius 2 is 2.19 bits per heavy atom. The summed E-state index contributed by atoms with van der Waals surface area (Å²) in [6.45, 7) is 3.59. The Kier molecular flexibility index (Phi) is 6.67. The summed E-state index contributed by atoms with van der Waals surface area (Å²) in [5.74, 6) is 1.94. The van der Waals surface area contributed by atoms with Crippen molar-refractivity contribution in [3.63, 3.8) is 0 Å². The quantitative estimate of drug-likeness (QED) is 0.801. The smallest absolute Gasteiger partial charge is 0.119 e. The number of hydrogen-bond acceptors (Lipinski definition) is 4. The molecule has 0 bridgehead atoms.